The van der Waals surface area contributed by atoms with Gasteiger partial charge in [-0.05, 0) is 35.7 Å². The van der Waals surface area contributed by atoms with Gasteiger partial charge in [-0.1, -0.05) is 35.9 Å². The standard InChI is InChI=1S/C19H20ClFN4.HI/c1-22-19(25-11-13-6-7-17(21)16(20)10-13)23-9-8-14-12-24-18-5-3-2-4-15(14)18;/h2-7,10,12,24H,8-9,11H2,1H3,(H2,22,23,25);1H. The molecule has 0 unspecified atom stereocenters. The molecule has 3 aromatic rings. The van der Waals surface area contributed by atoms with Crippen LogP contribution in [0, 0.1) is 5.82 Å². The van der Waals surface area contributed by atoms with E-state index in [0.717, 1.165) is 24.0 Å². The number of hydrogen-bond acceptors (Lipinski definition) is 1. The summed E-state index contributed by atoms with van der Waals surface area (Å²) < 4.78 is 13.2. The quantitative estimate of drug-likeness (QED) is 0.283. The number of rotatable bonds is 5. The fraction of sp³-hybridized carbons (Fsp3) is 0.211. The lowest BCUT2D eigenvalue weighted by Gasteiger charge is -2.12. The smallest absolute Gasteiger partial charge is 0.191 e. The molecular weight excluding hydrogens is 466 g/mol. The third-order valence-electron chi connectivity index (χ3n) is 4.03. The predicted molar refractivity (Wildman–Crippen MR) is 117 cm³/mol. The average molecular weight is 487 g/mol. The molecule has 0 bridgehead atoms. The number of aromatic nitrogens is 1. The number of aromatic amines is 1. The van der Waals surface area contributed by atoms with E-state index in [2.05, 4.69) is 32.7 Å². The summed E-state index contributed by atoms with van der Waals surface area (Å²) in [7, 11) is 1.72. The van der Waals surface area contributed by atoms with Crippen LogP contribution in [0.3, 0.4) is 0 Å². The van der Waals surface area contributed by atoms with Crippen molar-refractivity contribution >= 4 is 52.4 Å². The molecule has 138 valence electrons. The molecule has 3 N–H and O–H groups in total. The van der Waals surface area contributed by atoms with Crippen LogP contribution in [0.4, 0.5) is 4.39 Å². The second-order valence-electron chi connectivity index (χ2n) is 5.71. The van der Waals surface area contributed by atoms with Gasteiger partial charge >= 0.3 is 0 Å². The molecule has 1 heterocycles. The van der Waals surface area contributed by atoms with Gasteiger partial charge in [0.25, 0.3) is 0 Å². The van der Waals surface area contributed by atoms with Crippen LogP contribution in [-0.2, 0) is 13.0 Å². The first-order valence-electron chi connectivity index (χ1n) is 8.11. The first kappa shape index (κ1) is 20.5. The maximum atomic E-state index is 13.2. The second-order valence-corrected chi connectivity index (χ2v) is 6.12. The van der Waals surface area contributed by atoms with Crippen LogP contribution < -0.4 is 10.6 Å². The van der Waals surface area contributed by atoms with Crippen LogP contribution in [0.5, 0.6) is 0 Å². The Hall–Kier alpha value is -1.80. The van der Waals surface area contributed by atoms with Gasteiger partial charge in [0.2, 0.25) is 0 Å². The molecule has 7 heteroatoms. The molecule has 4 nitrogen and oxygen atoms in total. The van der Waals surface area contributed by atoms with E-state index in [4.69, 9.17) is 11.6 Å². The fourth-order valence-electron chi connectivity index (χ4n) is 2.71. The second kappa shape index (κ2) is 9.78. The van der Waals surface area contributed by atoms with Crippen LogP contribution in [0.15, 0.2) is 53.7 Å². The van der Waals surface area contributed by atoms with Crippen molar-refractivity contribution in [2.24, 2.45) is 4.99 Å². The van der Waals surface area contributed by atoms with Crippen molar-refractivity contribution < 1.29 is 4.39 Å². The highest BCUT2D eigenvalue weighted by atomic mass is 127. The number of guanidine groups is 1. The summed E-state index contributed by atoms with van der Waals surface area (Å²) >= 11 is 5.80. The third kappa shape index (κ3) is 5.11. The van der Waals surface area contributed by atoms with Crippen LogP contribution in [0.2, 0.25) is 5.02 Å². The Bertz CT molecular complexity index is 894. The molecule has 0 spiro atoms. The van der Waals surface area contributed by atoms with E-state index in [9.17, 15) is 4.39 Å². The monoisotopic (exact) mass is 486 g/mol. The molecule has 0 amide bonds. The van der Waals surface area contributed by atoms with Crippen molar-refractivity contribution in [1.82, 2.24) is 15.6 Å². The molecule has 0 fully saturated rings. The lowest BCUT2D eigenvalue weighted by molar-refractivity contribution is 0.627. The topological polar surface area (TPSA) is 52.2 Å². The van der Waals surface area contributed by atoms with Gasteiger partial charge in [0.1, 0.15) is 5.82 Å². The van der Waals surface area contributed by atoms with E-state index in [0.29, 0.717) is 12.5 Å². The Morgan fingerprint density at radius 2 is 2.00 bits per heavy atom. The van der Waals surface area contributed by atoms with E-state index in [1.807, 2.05) is 18.3 Å². The first-order valence-corrected chi connectivity index (χ1v) is 8.48. The molecule has 0 atom stereocenters. The number of benzene rings is 2. The van der Waals surface area contributed by atoms with E-state index >= 15 is 0 Å². The molecular formula is C19H21ClFIN4. The summed E-state index contributed by atoms with van der Waals surface area (Å²) in [6, 6.07) is 12.9. The number of nitrogens with one attached hydrogen (secondary N) is 3. The Kier molecular flexibility index (Phi) is 7.71. The Balaban J connectivity index is 0.00000243. The van der Waals surface area contributed by atoms with Crippen molar-refractivity contribution in [3.05, 3.63) is 70.6 Å². The zero-order valence-electron chi connectivity index (χ0n) is 14.4. The van der Waals surface area contributed by atoms with E-state index in [1.165, 1.54) is 17.0 Å². The summed E-state index contributed by atoms with van der Waals surface area (Å²) in [6.45, 7) is 1.28. The lowest BCUT2D eigenvalue weighted by atomic mass is 10.1. The fourth-order valence-corrected chi connectivity index (χ4v) is 2.91. The maximum absolute atomic E-state index is 13.2. The molecule has 0 saturated heterocycles. The number of hydrogen-bond donors (Lipinski definition) is 3. The number of halogens is 3. The number of aliphatic imine (C=N–C) groups is 1. The molecule has 0 aliphatic carbocycles. The summed E-state index contributed by atoms with van der Waals surface area (Å²) in [5, 5.41) is 7.86. The van der Waals surface area contributed by atoms with Crippen molar-refractivity contribution in [3.8, 4) is 0 Å². The van der Waals surface area contributed by atoms with Crippen molar-refractivity contribution in [3.63, 3.8) is 0 Å². The SMILES string of the molecule is CN=C(NCCc1c[nH]c2ccccc12)NCc1ccc(F)c(Cl)c1.I. The molecule has 26 heavy (non-hydrogen) atoms. The number of nitrogens with zero attached hydrogens (tertiary/aromatic N) is 1. The van der Waals surface area contributed by atoms with Crippen LogP contribution in [0.1, 0.15) is 11.1 Å². The molecule has 1 aromatic heterocycles. The van der Waals surface area contributed by atoms with Crippen molar-refractivity contribution in [2.75, 3.05) is 13.6 Å². The minimum Gasteiger partial charge on any atom is -0.361 e. The van der Waals surface area contributed by atoms with Gasteiger partial charge in [-0.2, -0.15) is 0 Å². The lowest BCUT2D eigenvalue weighted by Crippen LogP contribution is -2.37. The maximum Gasteiger partial charge on any atom is 0.191 e. The predicted octanol–water partition coefficient (Wildman–Crippen LogP) is 4.49. The Morgan fingerprint density at radius 3 is 2.77 bits per heavy atom. The molecule has 2 aromatic carbocycles. The average Bonchev–Trinajstić information content (AvgIpc) is 3.04. The minimum atomic E-state index is -0.411. The minimum absolute atomic E-state index is 0. The highest BCUT2D eigenvalue weighted by molar-refractivity contribution is 14.0. The van der Waals surface area contributed by atoms with Crippen LogP contribution in [0.25, 0.3) is 10.9 Å². The van der Waals surface area contributed by atoms with Gasteiger partial charge < -0.3 is 15.6 Å². The largest absolute Gasteiger partial charge is 0.361 e. The molecule has 0 aliphatic heterocycles. The summed E-state index contributed by atoms with van der Waals surface area (Å²) in [4.78, 5) is 7.48. The van der Waals surface area contributed by atoms with E-state index in [1.54, 1.807) is 19.2 Å². The molecule has 0 aliphatic rings. The van der Waals surface area contributed by atoms with E-state index < -0.39 is 5.82 Å². The number of fused-ring (bicyclic) bond motifs is 1. The highest BCUT2D eigenvalue weighted by Gasteiger charge is 2.05. The zero-order chi connectivity index (χ0) is 17.6. The van der Waals surface area contributed by atoms with Crippen molar-refractivity contribution in [1.29, 1.82) is 0 Å². The summed E-state index contributed by atoms with van der Waals surface area (Å²) in [6.07, 6.45) is 2.93. The van der Waals surface area contributed by atoms with Gasteiger partial charge in [0, 0.05) is 37.2 Å². The zero-order valence-corrected chi connectivity index (χ0v) is 17.4. The van der Waals surface area contributed by atoms with Crippen LogP contribution >= 0.6 is 35.6 Å². The molecule has 3 rings (SSSR count). The van der Waals surface area contributed by atoms with Crippen molar-refractivity contribution in [2.45, 2.75) is 13.0 Å². The Morgan fingerprint density at radius 1 is 1.19 bits per heavy atom. The molecule has 0 radical (unpaired) electrons. The normalized spacial score (nSPS) is 11.3. The first-order chi connectivity index (χ1) is 12.2. The number of H-pyrrole nitrogens is 1. The molecule has 0 saturated carbocycles. The van der Waals surface area contributed by atoms with Gasteiger partial charge in [-0.3, -0.25) is 4.99 Å². The summed E-state index contributed by atoms with van der Waals surface area (Å²) in [5.41, 5.74) is 3.31. The van der Waals surface area contributed by atoms with Gasteiger partial charge in [0.15, 0.2) is 5.96 Å². The summed E-state index contributed by atoms with van der Waals surface area (Å²) in [5.74, 6) is 0.284. The van der Waals surface area contributed by atoms with E-state index in [-0.39, 0.29) is 29.0 Å². The highest BCUT2D eigenvalue weighted by Crippen LogP contribution is 2.18. The number of para-hydroxylation sites is 1. The Labute approximate surface area is 174 Å². The third-order valence-corrected chi connectivity index (χ3v) is 4.32. The van der Waals surface area contributed by atoms with Gasteiger partial charge in [0.05, 0.1) is 5.02 Å². The van der Waals surface area contributed by atoms with Gasteiger partial charge in [-0.25, -0.2) is 4.39 Å². The van der Waals surface area contributed by atoms with Crippen LogP contribution in [-0.4, -0.2) is 24.5 Å². The van der Waals surface area contributed by atoms with Gasteiger partial charge in [-0.15, -0.1) is 24.0 Å².